The third-order valence-electron chi connectivity index (χ3n) is 4.12. The van der Waals surface area contributed by atoms with Crippen LogP contribution >= 0.6 is 15.9 Å². The predicted molar refractivity (Wildman–Crippen MR) is 85.9 cm³/mol. The monoisotopic (exact) mass is 344 g/mol. The minimum Gasteiger partial charge on any atom is -0.357 e. The first-order valence-corrected chi connectivity index (χ1v) is 7.80. The minimum absolute atomic E-state index is 0.136. The van der Waals surface area contributed by atoms with Crippen LogP contribution in [0.5, 0.6) is 0 Å². The van der Waals surface area contributed by atoms with E-state index >= 15 is 0 Å². The maximum absolute atomic E-state index is 13.5. The molecule has 1 aromatic heterocycles. The number of H-pyrrole nitrogens is 1. The number of hydrogen-bond donors (Lipinski definition) is 2. The van der Waals surface area contributed by atoms with Crippen molar-refractivity contribution in [3.05, 3.63) is 69.6 Å². The second-order valence-corrected chi connectivity index (χ2v) is 6.31. The fourth-order valence-corrected chi connectivity index (χ4v) is 3.40. The predicted octanol–water partition coefficient (Wildman–Crippen LogP) is 4.30. The van der Waals surface area contributed by atoms with Crippen LogP contribution in [-0.4, -0.2) is 11.5 Å². The van der Waals surface area contributed by atoms with E-state index in [2.05, 4.69) is 38.4 Å². The molecule has 2 heterocycles. The number of rotatable bonds is 1. The smallest absolute Gasteiger partial charge is 0.123 e. The quantitative estimate of drug-likeness (QED) is 0.676. The molecular formula is C17H14BrFN2. The van der Waals surface area contributed by atoms with Gasteiger partial charge in [-0.15, -0.1) is 0 Å². The molecule has 2 N–H and O–H groups in total. The van der Waals surface area contributed by atoms with Crippen molar-refractivity contribution in [2.75, 3.05) is 6.54 Å². The molecule has 4 heteroatoms. The highest BCUT2D eigenvalue weighted by atomic mass is 79.9. The molecule has 0 bridgehead atoms. The van der Waals surface area contributed by atoms with E-state index in [1.807, 2.05) is 18.2 Å². The van der Waals surface area contributed by atoms with Gasteiger partial charge in [0, 0.05) is 27.6 Å². The van der Waals surface area contributed by atoms with Gasteiger partial charge >= 0.3 is 0 Å². The van der Waals surface area contributed by atoms with E-state index in [4.69, 9.17) is 0 Å². The molecular weight excluding hydrogens is 331 g/mol. The lowest BCUT2D eigenvalue weighted by molar-refractivity contribution is 0.560. The van der Waals surface area contributed by atoms with Gasteiger partial charge in [0.05, 0.1) is 6.04 Å². The molecule has 0 fully saturated rings. The molecule has 1 aliphatic rings. The first-order valence-electron chi connectivity index (χ1n) is 7.01. The summed E-state index contributed by atoms with van der Waals surface area (Å²) in [6.45, 7) is 0.900. The highest BCUT2D eigenvalue weighted by Gasteiger charge is 2.25. The molecule has 2 aromatic carbocycles. The Balaban J connectivity index is 1.88. The number of benzene rings is 2. The van der Waals surface area contributed by atoms with E-state index in [9.17, 15) is 4.39 Å². The van der Waals surface area contributed by atoms with Crippen molar-refractivity contribution in [1.82, 2.24) is 10.3 Å². The molecule has 0 aliphatic carbocycles. The second kappa shape index (κ2) is 4.97. The number of aromatic amines is 1. The lowest BCUT2D eigenvalue weighted by atomic mass is 9.94. The molecule has 1 unspecified atom stereocenters. The third-order valence-corrected chi connectivity index (χ3v) is 4.65. The average Bonchev–Trinajstić information content (AvgIpc) is 2.86. The van der Waals surface area contributed by atoms with Gasteiger partial charge in [0.25, 0.3) is 0 Å². The van der Waals surface area contributed by atoms with Crippen LogP contribution in [-0.2, 0) is 6.42 Å². The van der Waals surface area contributed by atoms with Crippen LogP contribution in [0.1, 0.15) is 22.9 Å². The van der Waals surface area contributed by atoms with E-state index in [0.29, 0.717) is 0 Å². The van der Waals surface area contributed by atoms with Crippen molar-refractivity contribution in [3.8, 4) is 0 Å². The zero-order valence-corrected chi connectivity index (χ0v) is 12.9. The van der Waals surface area contributed by atoms with Crippen molar-refractivity contribution < 1.29 is 4.39 Å². The Morgan fingerprint density at radius 2 is 1.90 bits per heavy atom. The van der Waals surface area contributed by atoms with Crippen LogP contribution in [0, 0.1) is 5.82 Å². The van der Waals surface area contributed by atoms with E-state index in [0.717, 1.165) is 34.0 Å². The van der Waals surface area contributed by atoms with Gasteiger partial charge in [-0.1, -0.05) is 28.1 Å². The molecule has 0 amide bonds. The molecule has 0 saturated heterocycles. The Kier molecular flexibility index (Phi) is 3.08. The molecule has 2 nitrogen and oxygen atoms in total. The number of halogens is 2. The summed E-state index contributed by atoms with van der Waals surface area (Å²) >= 11 is 3.47. The molecule has 21 heavy (non-hydrogen) atoms. The molecule has 3 aromatic rings. The van der Waals surface area contributed by atoms with Gasteiger partial charge in [-0.05, 0) is 47.9 Å². The lowest BCUT2D eigenvalue weighted by Gasteiger charge is -2.24. The maximum atomic E-state index is 13.5. The van der Waals surface area contributed by atoms with Crippen molar-refractivity contribution in [1.29, 1.82) is 0 Å². The van der Waals surface area contributed by atoms with Crippen LogP contribution in [0.25, 0.3) is 10.9 Å². The van der Waals surface area contributed by atoms with Gasteiger partial charge in [-0.2, -0.15) is 0 Å². The summed E-state index contributed by atoms with van der Waals surface area (Å²) in [4.78, 5) is 3.47. The topological polar surface area (TPSA) is 27.8 Å². The van der Waals surface area contributed by atoms with Crippen LogP contribution < -0.4 is 5.32 Å². The van der Waals surface area contributed by atoms with Gasteiger partial charge < -0.3 is 10.3 Å². The largest absolute Gasteiger partial charge is 0.357 e. The minimum atomic E-state index is -0.178. The van der Waals surface area contributed by atoms with E-state index in [1.165, 1.54) is 17.2 Å². The molecule has 106 valence electrons. The van der Waals surface area contributed by atoms with Crippen LogP contribution in [0.3, 0.4) is 0 Å². The zero-order chi connectivity index (χ0) is 14.4. The number of aromatic nitrogens is 1. The summed E-state index contributed by atoms with van der Waals surface area (Å²) in [5, 5.41) is 4.55. The summed E-state index contributed by atoms with van der Waals surface area (Å²) in [7, 11) is 0. The summed E-state index contributed by atoms with van der Waals surface area (Å²) in [6.07, 6.45) is 0.922. The highest BCUT2D eigenvalue weighted by Crippen LogP contribution is 2.34. The standard InChI is InChI=1S/C17H14BrFN2/c18-11-3-1-10(2-4-11)16-17-13(7-8-20-16)14-9-12(19)5-6-15(14)21-17/h1-6,9,16,20-21H,7-8H2. The number of fused-ring (bicyclic) bond motifs is 3. The Morgan fingerprint density at radius 1 is 1.10 bits per heavy atom. The lowest BCUT2D eigenvalue weighted by Crippen LogP contribution is -2.30. The fraction of sp³-hybridized carbons (Fsp3) is 0.176. The summed E-state index contributed by atoms with van der Waals surface area (Å²) in [6, 6.07) is 13.4. The molecule has 1 atom stereocenters. The Bertz CT molecular complexity index is 808. The van der Waals surface area contributed by atoms with Gasteiger partial charge in [-0.3, -0.25) is 0 Å². The van der Waals surface area contributed by atoms with Gasteiger partial charge in [0.1, 0.15) is 5.82 Å². The fourth-order valence-electron chi connectivity index (χ4n) is 3.14. The molecule has 1 aliphatic heterocycles. The van der Waals surface area contributed by atoms with E-state index < -0.39 is 0 Å². The molecule has 4 rings (SSSR count). The third kappa shape index (κ3) is 2.19. The van der Waals surface area contributed by atoms with Crippen molar-refractivity contribution in [2.24, 2.45) is 0 Å². The Morgan fingerprint density at radius 3 is 2.71 bits per heavy atom. The summed E-state index contributed by atoms with van der Waals surface area (Å²) in [5.74, 6) is -0.178. The van der Waals surface area contributed by atoms with E-state index in [-0.39, 0.29) is 11.9 Å². The van der Waals surface area contributed by atoms with Gasteiger partial charge in [0.2, 0.25) is 0 Å². The Hall–Kier alpha value is -1.65. The Labute approximate surface area is 130 Å². The molecule has 0 spiro atoms. The number of nitrogens with one attached hydrogen (secondary N) is 2. The SMILES string of the molecule is Fc1ccc2[nH]c3c(c2c1)CCNC3c1ccc(Br)cc1. The van der Waals surface area contributed by atoms with Gasteiger partial charge in [-0.25, -0.2) is 4.39 Å². The average molecular weight is 345 g/mol. The second-order valence-electron chi connectivity index (χ2n) is 5.40. The highest BCUT2D eigenvalue weighted by molar-refractivity contribution is 9.10. The summed E-state index contributed by atoms with van der Waals surface area (Å²) in [5.41, 5.74) is 4.61. The zero-order valence-electron chi connectivity index (χ0n) is 11.3. The normalized spacial score (nSPS) is 17.9. The van der Waals surface area contributed by atoms with E-state index in [1.54, 1.807) is 6.07 Å². The first kappa shape index (κ1) is 13.0. The van der Waals surface area contributed by atoms with Crippen molar-refractivity contribution >= 4 is 26.8 Å². The van der Waals surface area contributed by atoms with Gasteiger partial charge in [0.15, 0.2) is 0 Å². The van der Waals surface area contributed by atoms with Crippen LogP contribution in [0.15, 0.2) is 46.9 Å². The molecule has 0 radical (unpaired) electrons. The first-order chi connectivity index (χ1) is 10.2. The van der Waals surface area contributed by atoms with Crippen molar-refractivity contribution in [3.63, 3.8) is 0 Å². The maximum Gasteiger partial charge on any atom is 0.123 e. The van der Waals surface area contributed by atoms with Crippen LogP contribution in [0.2, 0.25) is 0 Å². The summed E-state index contributed by atoms with van der Waals surface area (Å²) < 4.78 is 14.6. The molecule has 0 saturated carbocycles. The number of hydrogen-bond acceptors (Lipinski definition) is 1. The van der Waals surface area contributed by atoms with Crippen LogP contribution in [0.4, 0.5) is 4.39 Å². The van der Waals surface area contributed by atoms with Crippen molar-refractivity contribution in [2.45, 2.75) is 12.5 Å².